The van der Waals surface area contributed by atoms with Gasteiger partial charge >= 0.3 is 0 Å². The third-order valence-corrected chi connectivity index (χ3v) is 5.46. The SMILES string of the molecule is Cc1ccc(CNC2CCS(=O)CC2)cc1Br. The molecule has 0 aromatic heterocycles. The van der Waals surface area contributed by atoms with Crippen LogP contribution in [0.25, 0.3) is 0 Å². The first kappa shape index (κ1) is 13.2. The van der Waals surface area contributed by atoms with Gasteiger partial charge in [-0.1, -0.05) is 28.1 Å². The fraction of sp³-hybridized carbons (Fsp3) is 0.538. The van der Waals surface area contributed by atoms with E-state index in [1.54, 1.807) is 0 Å². The minimum atomic E-state index is -0.563. The lowest BCUT2D eigenvalue weighted by Gasteiger charge is -2.22. The highest BCUT2D eigenvalue weighted by atomic mass is 79.9. The zero-order valence-electron chi connectivity index (χ0n) is 10.0. The van der Waals surface area contributed by atoms with Crippen molar-refractivity contribution in [1.82, 2.24) is 5.32 Å². The quantitative estimate of drug-likeness (QED) is 0.929. The summed E-state index contributed by atoms with van der Waals surface area (Å²) < 4.78 is 12.4. The molecule has 1 aromatic carbocycles. The maximum atomic E-state index is 11.2. The molecule has 2 nitrogen and oxygen atoms in total. The van der Waals surface area contributed by atoms with Crippen LogP contribution in [0.5, 0.6) is 0 Å². The Balaban J connectivity index is 1.85. The first-order valence-electron chi connectivity index (χ1n) is 5.98. The zero-order valence-corrected chi connectivity index (χ0v) is 12.4. The largest absolute Gasteiger partial charge is 0.310 e. The standard InChI is InChI=1S/C13H18BrNOS/c1-10-2-3-11(8-13(10)14)9-15-12-4-6-17(16)7-5-12/h2-3,8,12,15H,4-7,9H2,1H3. The fourth-order valence-corrected chi connectivity index (χ4v) is 3.73. The topological polar surface area (TPSA) is 29.1 Å². The number of hydrogen-bond acceptors (Lipinski definition) is 2. The van der Waals surface area contributed by atoms with E-state index in [0.717, 1.165) is 30.9 Å². The molecule has 0 unspecified atom stereocenters. The summed E-state index contributed by atoms with van der Waals surface area (Å²) in [7, 11) is -0.563. The molecule has 4 heteroatoms. The summed E-state index contributed by atoms with van der Waals surface area (Å²) in [6.07, 6.45) is 2.08. The predicted molar refractivity (Wildman–Crippen MR) is 76.6 cm³/mol. The van der Waals surface area contributed by atoms with Gasteiger partial charge in [0.05, 0.1) is 0 Å². The monoisotopic (exact) mass is 315 g/mol. The van der Waals surface area contributed by atoms with Crippen LogP contribution < -0.4 is 5.32 Å². The molecule has 0 radical (unpaired) electrons. The van der Waals surface area contributed by atoms with Crippen LogP contribution >= 0.6 is 15.9 Å². The van der Waals surface area contributed by atoms with Crippen LogP contribution in [0.15, 0.2) is 22.7 Å². The molecule has 0 saturated carbocycles. The molecule has 0 bridgehead atoms. The molecule has 1 fully saturated rings. The molecule has 1 aliphatic rings. The summed E-state index contributed by atoms with van der Waals surface area (Å²) in [6.45, 7) is 2.99. The molecule has 1 heterocycles. The van der Waals surface area contributed by atoms with E-state index in [-0.39, 0.29) is 0 Å². The van der Waals surface area contributed by atoms with Crippen LogP contribution in [-0.2, 0) is 17.3 Å². The number of hydrogen-bond donors (Lipinski definition) is 1. The minimum absolute atomic E-state index is 0.535. The zero-order chi connectivity index (χ0) is 12.3. The van der Waals surface area contributed by atoms with Gasteiger partial charge in [-0.3, -0.25) is 4.21 Å². The second-order valence-corrected chi connectivity index (χ2v) is 7.14. The lowest BCUT2D eigenvalue weighted by atomic mass is 10.1. The van der Waals surface area contributed by atoms with Gasteiger partial charge in [0.15, 0.2) is 0 Å². The Hall–Kier alpha value is -0.190. The highest BCUT2D eigenvalue weighted by Crippen LogP contribution is 2.18. The van der Waals surface area contributed by atoms with Crippen molar-refractivity contribution in [3.63, 3.8) is 0 Å². The first-order valence-corrected chi connectivity index (χ1v) is 8.26. The summed E-state index contributed by atoms with van der Waals surface area (Å²) in [4.78, 5) is 0. The molecular formula is C13H18BrNOS. The molecule has 1 N–H and O–H groups in total. The van der Waals surface area contributed by atoms with Gasteiger partial charge in [0.25, 0.3) is 0 Å². The molecule has 17 heavy (non-hydrogen) atoms. The van der Waals surface area contributed by atoms with Crippen molar-refractivity contribution in [1.29, 1.82) is 0 Å². The van der Waals surface area contributed by atoms with Crippen LogP contribution in [0.4, 0.5) is 0 Å². The Labute approximate surface area is 114 Å². The summed E-state index contributed by atoms with van der Waals surface area (Å²) in [6, 6.07) is 7.00. The van der Waals surface area contributed by atoms with E-state index in [1.165, 1.54) is 15.6 Å². The van der Waals surface area contributed by atoms with E-state index in [4.69, 9.17) is 0 Å². The molecule has 1 saturated heterocycles. The fourth-order valence-electron chi connectivity index (χ4n) is 2.01. The van der Waals surface area contributed by atoms with Gasteiger partial charge in [0.2, 0.25) is 0 Å². The lowest BCUT2D eigenvalue weighted by Crippen LogP contribution is -2.35. The van der Waals surface area contributed by atoms with Crippen molar-refractivity contribution in [3.05, 3.63) is 33.8 Å². The van der Waals surface area contributed by atoms with Gasteiger partial charge in [0, 0.05) is 39.4 Å². The lowest BCUT2D eigenvalue weighted by molar-refractivity contribution is 0.475. The molecule has 0 aliphatic carbocycles. The van der Waals surface area contributed by atoms with E-state index in [0.29, 0.717) is 6.04 Å². The van der Waals surface area contributed by atoms with E-state index < -0.39 is 10.8 Å². The second kappa shape index (κ2) is 6.12. The summed E-state index contributed by atoms with van der Waals surface area (Å²) in [5.74, 6) is 1.71. The smallest absolute Gasteiger partial charge is 0.0249 e. The summed E-state index contributed by atoms with van der Waals surface area (Å²) in [5, 5.41) is 3.55. The Kier molecular flexibility index (Phi) is 4.77. The van der Waals surface area contributed by atoms with Crippen molar-refractivity contribution < 1.29 is 4.21 Å². The normalized spacial score (nSPS) is 24.8. The molecule has 0 atom stereocenters. The average Bonchev–Trinajstić information content (AvgIpc) is 2.33. The highest BCUT2D eigenvalue weighted by molar-refractivity contribution is 9.10. The van der Waals surface area contributed by atoms with Gasteiger partial charge in [-0.05, 0) is 37.0 Å². The van der Waals surface area contributed by atoms with E-state index in [9.17, 15) is 4.21 Å². The number of nitrogens with one attached hydrogen (secondary N) is 1. The third kappa shape index (κ3) is 3.90. The molecule has 1 aromatic rings. The highest BCUT2D eigenvalue weighted by Gasteiger charge is 2.16. The molecular weight excluding hydrogens is 298 g/mol. The number of aryl methyl sites for hydroxylation is 1. The molecule has 0 spiro atoms. The second-order valence-electron chi connectivity index (χ2n) is 4.59. The van der Waals surface area contributed by atoms with Gasteiger partial charge in [-0.25, -0.2) is 0 Å². The Morgan fingerprint density at radius 3 is 2.76 bits per heavy atom. The first-order chi connectivity index (χ1) is 8.15. The molecule has 94 valence electrons. The number of halogens is 1. The van der Waals surface area contributed by atoms with Crippen LogP contribution in [0, 0.1) is 6.92 Å². The Morgan fingerprint density at radius 2 is 2.12 bits per heavy atom. The summed E-state index contributed by atoms with van der Waals surface area (Å²) >= 11 is 3.55. The van der Waals surface area contributed by atoms with E-state index >= 15 is 0 Å². The molecule has 0 amide bonds. The van der Waals surface area contributed by atoms with Crippen LogP contribution in [-0.4, -0.2) is 21.8 Å². The van der Waals surface area contributed by atoms with Crippen LogP contribution in [0.1, 0.15) is 24.0 Å². The predicted octanol–water partition coefficient (Wildman–Crippen LogP) is 2.76. The molecule has 1 aliphatic heterocycles. The van der Waals surface area contributed by atoms with Crippen LogP contribution in [0.3, 0.4) is 0 Å². The van der Waals surface area contributed by atoms with Gasteiger partial charge in [-0.2, -0.15) is 0 Å². The average molecular weight is 316 g/mol. The van der Waals surface area contributed by atoms with Crippen molar-refractivity contribution in [2.45, 2.75) is 32.4 Å². The van der Waals surface area contributed by atoms with Crippen molar-refractivity contribution in [3.8, 4) is 0 Å². The van der Waals surface area contributed by atoms with Crippen LogP contribution in [0.2, 0.25) is 0 Å². The number of benzene rings is 1. The molecule has 2 rings (SSSR count). The Bertz CT molecular complexity index is 412. The van der Waals surface area contributed by atoms with Gasteiger partial charge < -0.3 is 5.32 Å². The maximum absolute atomic E-state index is 11.2. The van der Waals surface area contributed by atoms with Crippen molar-refractivity contribution >= 4 is 26.7 Å². The number of rotatable bonds is 3. The maximum Gasteiger partial charge on any atom is 0.0249 e. The minimum Gasteiger partial charge on any atom is -0.310 e. The van der Waals surface area contributed by atoms with E-state index in [1.807, 2.05) is 0 Å². The van der Waals surface area contributed by atoms with Crippen molar-refractivity contribution in [2.75, 3.05) is 11.5 Å². The third-order valence-electron chi connectivity index (χ3n) is 3.22. The van der Waals surface area contributed by atoms with Gasteiger partial charge in [-0.15, -0.1) is 0 Å². The van der Waals surface area contributed by atoms with E-state index in [2.05, 4.69) is 46.4 Å². The Morgan fingerprint density at radius 1 is 1.41 bits per heavy atom. The van der Waals surface area contributed by atoms with Crippen molar-refractivity contribution in [2.24, 2.45) is 0 Å². The summed E-state index contributed by atoms with van der Waals surface area (Å²) in [5.41, 5.74) is 2.57. The van der Waals surface area contributed by atoms with Gasteiger partial charge in [0.1, 0.15) is 0 Å².